The normalized spacial score (nSPS) is 13.1. The van der Waals surface area contributed by atoms with E-state index in [4.69, 9.17) is 11.5 Å². The van der Waals surface area contributed by atoms with Crippen molar-refractivity contribution in [3.8, 4) is 0 Å². The highest BCUT2D eigenvalue weighted by Gasteiger charge is 2.17. The second-order valence-electron chi connectivity index (χ2n) is 4.53. The third-order valence-electron chi connectivity index (χ3n) is 2.97. The minimum atomic E-state index is -0.510. The number of rotatable bonds is 4. The summed E-state index contributed by atoms with van der Waals surface area (Å²) in [6.07, 6.45) is 0. The van der Waals surface area contributed by atoms with E-state index in [0.717, 1.165) is 5.56 Å². The molecule has 0 fully saturated rings. The average Bonchev–Trinajstić information content (AvgIpc) is 2.29. The molecule has 2 unspecified atom stereocenters. The van der Waals surface area contributed by atoms with Crippen LogP contribution < -0.4 is 16.8 Å². The molecule has 0 heterocycles. The number of primary amides is 1. The van der Waals surface area contributed by atoms with Crippen LogP contribution in [0.15, 0.2) is 18.2 Å². The minimum Gasteiger partial charge on any atom is -0.366 e. The molecule has 1 aromatic rings. The summed E-state index contributed by atoms with van der Waals surface area (Å²) in [7, 11) is 0. The van der Waals surface area contributed by atoms with Crippen LogP contribution >= 0.6 is 12.4 Å². The van der Waals surface area contributed by atoms with Gasteiger partial charge in [0.2, 0.25) is 11.8 Å². The van der Waals surface area contributed by atoms with Crippen LogP contribution in [-0.4, -0.2) is 17.9 Å². The quantitative estimate of drug-likeness (QED) is 0.780. The smallest absolute Gasteiger partial charge is 0.249 e. The molecule has 0 bridgehead atoms. The highest BCUT2D eigenvalue weighted by Crippen LogP contribution is 2.16. The lowest BCUT2D eigenvalue weighted by atomic mass is 10.0. The maximum atomic E-state index is 11.8. The van der Waals surface area contributed by atoms with Gasteiger partial charge in [0.05, 0.1) is 5.92 Å². The van der Waals surface area contributed by atoms with E-state index in [0.29, 0.717) is 11.3 Å². The number of hydrogen-bond acceptors (Lipinski definition) is 3. The van der Waals surface area contributed by atoms with E-state index < -0.39 is 5.91 Å². The first-order valence-corrected chi connectivity index (χ1v) is 5.79. The lowest BCUT2D eigenvalue weighted by molar-refractivity contribution is -0.119. The van der Waals surface area contributed by atoms with Crippen LogP contribution in [0.4, 0.5) is 5.69 Å². The van der Waals surface area contributed by atoms with Crippen molar-refractivity contribution in [1.29, 1.82) is 0 Å². The second-order valence-corrected chi connectivity index (χ2v) is 4.53. The first-order chi connectivity index (χ1) is 8.32. The maximum Gasteiger partial charge on any atom is 0.249 e. The summed E-state index contributed by atoms with van der Waals surface area (Å²) in [6, 6.07) is 4.81. The van der Waals surface area contributed by atoms with Gasteiger partial charge in [0.25, 0.3) is 0 Å². The predicted octanol–water partition coefficient (Wildman–Crippen LogP) is 1.44. The first-order valence-electron chi connectivity index (χ1n) is 5.79. The molecule has 6 heteroatoms. The number of halogens is 1. The van der Waals surface area contributed by atoms with Crippen molar-refractivity contribution in [2.75, 3.05) is 5.32 Å². The lowest BCUT2D eigenvalue weighted by Gasteiger charge is -2.16. The zero-order valence-corrected chi connectivity index (χ0v) is 12.1. The summed E-state index contributed by atoms with van der Waals surface area (Å²) in [6.45, 7) is 5.31. The number of carbonyl (C=O) groups is 2. The van der Waals surface area contributed by atoms with Gasteiger partial charge in [0.15, 0.2) is 0 Å². The molecule has 0 aliphatic carbocycles. The van der Waals surface area contributed by atoms with E-state index in [1.165, 1.54) is 0 Å². The van der Waals surface area contributed by atoms with Gasteiger partial charge in [-0.05, 0) is 31.5 Å². The van der Waals surface area contributed by atoms with Crippen LogP contribution in [0.5, 0.6) is 0 Å². The van der Waals surface area contributed by atoms with Crippen molar-refractivity contribution in [3.63, 3.8) is 0 Å². The Hall–Kier alpha value is -1.59. The molecular formula is C13H20ClN3O2. The van der Waals surface area contributed by atoms with Crippen molar-refractivity contribution < 1.29 is 9.59 Å². The Morgan fingerprint density at radius 2 is 1.84 bits per heavy atom. The molecule has 0 saturated carbocycles. The van der Waals surface area contributed by atoms with Crippen LogP contribution in [0.1, 0.15) is 29.8 Å². The summed E-state index contributed by atoms with van der Waals surface area (Å²) in [4.78, 5) is 23.0. The Morgan fingerprint density at radius 3 is 2.32 bits per heavy atom. The molecule has 5 nitrogen and oxygen atoms in total. The molecule has 1 aromatic carbocycles. The molecule has 5 N–H and O–H groups in total. The molecule has 106 valence electrons. The molecule has 0 saturated heterocycles. The molecule has 2 atom stereocenters. The van der Waals surface area contributed by atoms with Gasteiger partial charge in [0, 0.05) is 17.3 Å². The topological polar surface area (TPSA) is 98.2 Å². The summed E-state index contributed by atoms with van der Waals surface area (Å²) in [5.74, 6) is -0.989. The zero-order chi connectivity index (χ0) is 13.9. The number of amides is 2. The van der Waals surface area contributed by atoms with Crippen molar-refractivity contribution in [2.24, 2.45) is 17.4 Å². The number of aryl methyl sites for hydroxylation is 1. The van der Waals surface area contributed by atoms with Gasteiger partial charge in [0.1, 0.15) is 0 Å². The molecule has 0 aliphatic heterocycles. The van der Waals surface area contributed by atoms with Crippen LogP contribution in [0, 0.1) is 12.8 Å². The Labute approximate surface area is 119 Å². The Balaban J connectivity index is 0.00000324. The maximum absolute atomic E-state index is 11.8. The summed E-state index contributed by atoms with van der Waals surface area (Å²) in [5, 5.41) is 2.72. The van der Waals surface area contributed by atoms with Crippen LogP contribution in [0.2, 0.25) is 0 Å². The predicted molar refractivity (Wildman–Crippen MR) is 78.4 cm³/mol. The average molecular weight is 286 g/mol. The Bertz CT molecular complexity index is 475. The number of nitrogens with one attached hydrogen (secondary N) is 1. The van der Waals surface area contributed by atoms with Gasteiger partial charge < -0.3 is 16.8 Å². The van der Waals surface area contributed by atoms with Crippen LogP contribution in [0.3, 0.4) is 0 Å². The number of anilines is 1. The third kappa shape index (κ3) is 4.54. The highest BCUT2D eigenvalue weighted by atomic mass is 35.5. The monoisotopic (exact) mass is 285 g/mol. The fraction of sp³-hybridized carbons (Fsp3) is 0.385. The highest BCUT2D eigenvalue weighted by molar-refractivity contribution is 5.98. The third-order valence-corrected chi connectivity index (χ3v) is 2.97. The minimum absolute atomic E-state index is 0. The Kier molecular flexibility index (Phi) is 6.52. The largest absolute Gasteiger partial charge is 0.366 e. The standard InChI is InChI=1S/C13H19N3O2.ClH/c1-7-4-5-10(6-11(7)12(15)17)16-13(18)8(2)9(3)14;/h4-6,8-9H,14H2,1-3H3,(H2,15,17)(H,16,18);1H. The summed E-state index contributed by atoms with van der Waals surface area (Å²) < 4.78 is 0. The van der Waals surface area contributed by atoms with E-state index in [1.54, 1.807) is 39.0 Å². The molecule has 19 heavy (non-hydrogen) atoms. The zero-order valence-electron chi connectivity index (χ0n) is 11.3. The molecule has 1 rings (SSSR count). The van der Waals surface area contributed by atoms with Gasteiger partial charge in [-0.3, -0.25) is 9.59 Å². The second kappa shape index (κ2) is 7.11. The van der Waals surface area contributed by atoms with Crippen molar-refractivity contribution >= 4 is 29.9 Å². The number of benzene rings is 1. The van der Waals surface area contributed by atoms with E-state index in [1.807, 2.05) is 0 Å². The SMILES string of the molecule is Cc1ccc(NC(=O)C(C)C(C)N)cc1C(N)=O.Cl. The van der Waals surface area contributed by atoms with Crippen molar-refractivity contribution in [3.05, 3.63) is 29.3 Å². The molecule has 2 amide bonds. The van der Waals surface area contributed by atoms with Gasteiger partial charge in [-0.2, -0.15) is 0 Å². The summed E-state index contributed by atoms with van der Waals surface area (Å²) >= 11 is 0. The first kappa shape index (κ1) is 17.4. The van der Waals surface area contributed by atoms with Gasteiger partial charge in [-0.15, -0.1) is 12.4 Å². The van der Waals surface area contributed by atoms with Crippen molar-refractivity contribution in [1.82, 2.24) is 0 Å². The van der Waals surface area contributed by atoms with Crippen molar-refractivity contribution in [2.45, 2.75) is 26.8 Å². The number of nitrogens with two attached hydrogens (primary N) is 2. The molecular weight excluding hydrogens is 266 g/mol. The Morgan fingerprint density at radius 1 is 1.26 bits per heavy atom. The fourth-order valence-electron chi connectivity index (χ4n) is 1.46. The van der Waals surface area contributed by atoms with Gasteiger partial charge in [-0.25, -0.2) is 0 Å². The van der Waals surface area contributed by atoms with Gasteiger partial charge >= 0.3 is 0 Å². The van der Waals surface area contributed by atoms with E-state index in [-0.39, 0.29) is 30.3 Å². The van der Waals surface area contributed by atoms with Crippen LogP contribution in [0.25, 0.3) is 0 Å². The number of carbonyl (C=O) groups excluding carboxylic acids is 2. The van der Waals surface area contributed by atoms with E-state index in [2.05, 4.69) is 5.32 Å². The molecule has 0 spiro atoms. The molecule has 0 radical (unpaired) electrons. The molecule has 0 aliphatic rings. The van der Waals surface area contributed by atoms with Gasteiger partial charge in [-0.1, -0.05) is 13.0 Å². The fourth-order valence-corrected chi connectivity index (χ4v) is 1.46. The summed E-state index contributed by atoms with van der Waals surface area (Å²) in [5.41, 5.74) is 12.6. The van der Waals surface area contributed by atoms with Crippen LogP contribution in [-0.2, 0) is 4.79 Å². The lowest BCUT2D eigenvalue weighted by Crippen LogP contribution is -2.34. The van der Waals surface area contributed by atoms with E-state index >= 15 is 0 Å². The molecule has 0 aromatic heterocycles. The number of hydrogen-bond donors (Lipinski definition) is 3. The van der Waals surface area contributed by atoms with E-state index in [9.17, 15) is 9.59 Å².